The summed E-state index contributed by atoms with van der Waals surface area (Å²) in [6.45, 7) is 0. The van der Waals surface area contributed by atoms with E-state index in [2.05, 4.69) is 15.0 Å². The van der Waals surface area contributed by atoms with Crippen LogP contribution in [-0.4, -0.2) is 11.1 Å². The van der Waals surface area contributed by atoms with Gasteiger partial charge in [0.2, 0.25) is 5.96 Å². The van der Waals surface area contributed by atoms with E-state index in [1.54, 1.807) is 12.1 Å². The van der Waals surface area contributed by atoms with Gasteiger partial charge in [0, 0.05) is 16.8 Å². The van der Waals surface area contributed by atoms with Crippen LogP contribution in [0.1, 0.15) is 0 Å². The zero-order chi connectivity index (χ0) is 14.1. The molecule has 0 spiro atoms. The van der Waals surface area contributed by atoms with E-state index in [0.717, 1.165) is 11.8 Å². The molecule has 0 atom stereocenters. The molecule has 0 fully saturated rings. The van der Waals surface area contributed by atoms with Crippen molar-refractivity contribution in [3.8, 4) is 5.75 Å². The van der Waals surface area contributed by atoms with Crippen molar-refractivity contribution in [1.29, 1.82) is 0 Å². The van der Waals surface area contributed by atoms with Crippen molar-refractivity contribution >= 4 is 40.9 Å². The number of phenolic OH excluding ortho intramolecular Hbond substituents is 1. The molecule has 3 N–H and O–H groups in total. The summed E-state index contributed by atoms with van der Waals surface area (Å²) in [7, 11) is 0. The van der Waals surface area contributed by atoms with Crippen LogP contribution in [0.5, 0.6) is 5.75 Å². The number of rotatable bonds is 1. The summed E-state index contributed by atoms with van der Waals surface area (Å²) in [5.74, 6) is -0.261. The van der Waals surface area contributed by atoms with Gasteiger partial charge in [-0.2, -0.15) is 0 Å². The molecule has 0 aromatic heterocycles. The summed E-state index contributed by atoms with van der Waals surface area (Å²) >= 11 is 7.07. The Morgan fingerprint density at radius 3 is 2.95 bits per heavy atom. The molecular formula is C13H9ClFN3OS. The maximum absolute atomic E-state index is 13.2. The number of fused-ring (bicyclic) bond motifs is 1. The summed E-state index contributed by atoms with van der Waals surface area (Å²) in [5, 5.41) is 13.4. The van der Waals surface area contributed by atoms with Crippen molar-refractivity contribution < 1.29 is 9.50 Å². The van der Waals surface area contributed by atoms with E-state index in [9.17, 15) is 9.50 Å². The fourth-order valence-corrected chi connectivity index (χ4v) is 2.66. The summed E-state index contributed by atoms with van der Waals surface area (Å²) in [6.07, 6.45) is 0. The largest absolute Gasteiger partial charge is 0.506 e. The Kier molecular flexibility index (Phi) is 3.42. The van der Waals surface area contributed by atoms with Crippen LogP contribution in [0.25, 0.3) is 0 Å². The fourth-order valence-electron chi connectivity index (χ4n) is 1.74. The molecule has 102 valence electrons. The quantitative estimate of drug-likeness (QED) is 0.699. The molecule has 0 radical (unpaired) electrons. The zero-order valence-corrected chi connectivity index (χ0v) is 11.6. The van der Waals surface area contributed by atoms with E-state index < -0.39 is 5.82 Å². The van der Waals surface area contributed by atoms with E-state index in [1.807, 2.05) is 12.1 Å². The van der Waals surface area contributed by atoms with Gasteiger partial charge in [0.05, 0.1) is 4.90 Å². The number of hydrogen-bond acceptors (Lipinski definition) is 5. The highest BCUT2D eigenvalue weighted by molar-refractivity contribution is 7.98. The second kappa shape index (κ2) is 5.22. The van der Waals surface area contributed by atoms with Crippen LogP contribution in [0.2, 0.25) is 5.02 Å². The van der Waals surface area contributed by atoms with Crippen LogP contribution in [0, 0.1) is 5.82 Å². The first kappa shape index (κ1) is 13.1. The number of benzene rings is 2. The lowest BCUT2D eigenvalue weighted by atomic mass is 10.3. The Morgan fingerprint density at radius 1 is 1.30 bits per heavy atom. The van der Waals surface area contributed by atoms with Crippen LogP contribution in [0.4, 0.5) is 15.8 Å². The third-order valence-electron chi connectivity index (χ3n) is 2.59. The number of anilines is 1. The van der Waals surface area contributed by atoms with Gasteiger partial charge < -0.3 is 10.4 Å². The first-order valence-electron chi connectivity index (χ1n) is 5.68. The second-order valence-electron chi connectivity index (χ2n) is 4.07. The van der Waals surface area contributed by atoms with Gasteiger partial charge >= 0.3 is 0 Å². The molecule has 0 aliphatic carbocycles. The van der Waals surface area contributed by atoms with Crippen LogP contribution in [0.3, 0.4) is 0 Å². The number of nitrogens with one attached hydrogen (secondary N) is 2. The van der Waals surface area contributed by atoms with E-state index >= 15 is 0 Å². The molecule has 2 aromatic carbocycles. The molecule has 20 heavy (non-hydrogen) atoms. The van der Waals surface area contributed by atoms with Gasteiger partial charge in [-0.1, -0.05) is 17.7 Å². The maximum Gasteiger partial charge on any atom is 0.211 e. The van der Waals surface area contributed by atoms with Crippen molar-refractivity contribution in [2.45, 2.75) is 4.90 Å². The fraction of sp³-hybridized carbons (Fsp3) is 0. The van der Waals surface area contributed by atoms with Crippen molar-refractivity contribution in [2.24, 2.45) is 4.99 Å². The molecule has 4 nitrogen and oxygen atoms in total. The first-order valence-corrected chi connectivity index (χ1v) is 6.88. The molecular weight excluding hydrogens is 301 g/mol. The molecule has 1 aliphatic heterocycles. The Labute approximate surface area is 123 Å². The third-order valence-corrected chi connectivity index (χ3v) is 3.65. The van der Waals surface area contributed by atoms with Crippen molar-refractivity contribution in [3.05, 3.63) is 47.2 Å². The number of guanidine groups is 1. The molecule has 0 saturated carbocycles. The highest BCUT2D eigenvalue weighted by Crippen LogP contribution is 2.39. The number of nitrogens with zero attached hydrogens (tertiary/aromatic N) is 1. The Hall–Kier alpha value is -1.92. The average Bonchev–Trinajstić information content (AvgIpc) is 2.39. The minimum atomic E-state index is -0.503. The normalized spacial score (nSPS) is 13.2. The predicted octanol–water partition coefficient (Wildman–Crippen LogP) is 3.89. The van der Waals surface area contributed by atoms with Gasteiger partial charge in [0.1, 0.15) is 17.3 Å². The summed E-state index contributed by atoms with van der Waals surface area (Å²) < 4.78 is 16.1. The van der Waals surface area contributed by atoms with E-state index in [1.165, 1.54) is 18.0 Å². The predicted molar refractivity (Wildman–Crippen MR) is 79.2 cm³/mol. The zero-order valence-electron chi connectivity index (χ0n) is 10.0. The van der Waals surface area contributed by atoms with E-state index in [4.69, 9.17) is 11.6 Å². The molecule has 1 aliphatic rings. The van der Waals surface area contributed by atoms with Gasteiger partial charge in [-0.25, -0.2) is 9.38 Å². The lowest BCUT2D eigenvalue weighted by Gasteiger charge is -2.18. The van der Waals surface area contributed by atoms with E-state index in [0.29, 0.717) is 21.6 Å². The molecule has 2 aromatic rings. The van der Waals surface area contributed by atoms with Gasteiger partial charge in [-0.05, 0) is 36.2 Å². The highest BCUT2D eigenvalue weighted by atomic mass is 35.5. The van der Waals surface area contributed by atoms with Gasteiger partial charge in [0.25, 0.3) is 0 Å². The summed E-state index contributed by atoms with van der Waals surface area (Å²) in [4.78, 5) is 4.75. The monoisotopic (exact) mass is 309 g/mol. The first-order chi connectivity index (χ1) is 9.61. The number of aliphatic imine (C=N–C) groups is 1. The molecule has 0 amide bonds. The van der Waals surface area contributed by atoms with Crippen LogP contribution in [0.15, 0.2) is 46.3 Å². The number of hydrogen-bond donors (Lipinski definition) is 3. The standard InChI is InChI=1S/C13H9ClFN3OS/c14-7-2-1-3-9(4-7)16-13-17-12-10(19)5-8(15)6-11(12)20-18-13/h1-6,19H,(H2,16,17,18). The molecule has 0 unspecified atom stereocenters. The molecule has 7 heteroatoms. The smallest absolute Gasteiger partial charge is 0.211 e. The van der Waals surface area contributed by atoms with Gasteiger partial charge in [-0.15, -0.1) is 0 Å². The topological polar surface area (TPSA) is 56.7 Å². The third kappa shape index (κ3) is 2.66. The van der Waals surface area contributed by atoms with Crippen LogP contribution in [-0.2, 0) is 0 Å². The summed E-state index contributed by atoms with van der Waals surface area (Å²) in [5.41, 5.74) is 1.09. The minimum Gasteiger partial charge on any atom is -0.506 e. The average molecular weight is 310 g/mol. The SMILES string of the molecule is Oc1cc(F)cc2c1N=C(Nc1cccc(Cl)c1)NS2. The van der Waals surface area contributed by atoms with Crippen molar-refractivity contribution in [1.82, 2.24) is 4.72 Å². The Balaban J connectivity index is 1.91. The molecule has 3 rings (SSSR count). The van der Waals surface area contributed by atoms with E-state index in [-0.39, 0.29) is 5.75 Å². The Bertz CT molecular complexity index is 708. The van der Waals surface area contributed by atoms with Crippen LogP contribution < -0.4 is 10.0 Å². The molecule has 0 saturated heterocycles. The highest BCUT2D eigenvalue weighted by Gasteiger charge is 2.17. The number of phenols is 1. The minimum absolute atomic E-state index is 0.195. The van der Waals surface area contributed by atoms with Gasteiger partial charge in [0.15, 0.2) is 0 Å². The maximum atomic E-state index is 13.2. The lowest BCUT2D eigenvalue weighted by molar-refractivity contribution is 0.468. The number of halogens is 2. The van der Waals surface area contributed by atoms with Crippen molar-refractivity contribution in [3.63, 3.8) is 0 Å². The van der Waals surface area contributed by atoms with Crippen molar-refractivity contribution in [2.75, 3.05) is 5.32 Å². The molecule has 1 heterocycles. The summed E-state index contributed by atoms with van der Waals surface area (Å²) in [6, 6.07) is 9.50. The van der Waals surface area contributed by atoms with Crippen LogP contribution >= 0.6 is 23.5 Å². The second-order valence-corrected chi connectivity index (χ2v) is 5.36. The Morgan fingerprint density at radius 2 is 2.15 bits per heavy atom. The van der Waals surface area contributed by atoms with Gasteiger partial charge in [-0.3, -0.25) is 4.72 Å². The lowest BCUT2D eigenvalue weighted by Crippen LogP contribution is -2.26. The molecule has 0 bridgehead atoms. The number of aromatic hydroxyl groups is 1.